The van der Waals surface area contributed by atoms with Crippen LogP contribution >= 0.6 is 11.6 Å². The highest BCUT2D eigenvalue weighted by atomic mass is 35.5. The summed E-state index contributed by atoms with van der Waals surface area (Å²) < 4.78 is 16.2. The summed E-state index contributed by atoms with van der Waals surface area (Å²) in [4.78, 5) is 27.6. The number of nitrogens with zero attached hydrogens (tertiary/aromatic N) is 1. The van der Waals surface area contributed by atoms with Gasteiger partial charge in [0, 0.05) is 5.56 Å². The third kappa shape index (κ3) is 4.99. The summed E-state index contributed by atoms with van der Waals surface area (Å²) in [5.41, 5.74) is 7.71. The van der Waals surface area contributed by atoms with Crippen LogP contribution in [-0.2, 0) is 20.7 Å². The molecule has 0 fully saturated rings. The van der Waals surface area contributed by atoms with Crippen LogP contribution in [0.5, 0.6) is 11.5 Å². The molecule has 0 unspecified atom stereocenters. The van der Waals surface area contributed by atoms with Gasteiger partial charge in [-0.3, -0.25) is 4.79 Å². The van der Waals surface area contributed by atoms with Crippen molar-refractivity contribution in [3.8, 4) is 11.5 Å². The summed E-state index contributed by atoms with van der Waals surface area (Å²) in [5, 5.41) is 0.208. The van der Waals surface area contributed by atoms with Gasteiger partial charge in [-0.25, -0.2) is 9.79 Å². The van der Waals surface area contributed by atoms with Crippen LogP contribution in [0.4, 0.5) is 0 Å². The molecule has 3 rings (SSSR count). The summed E-state index contributed by atoms with van der Waals surface area (Å²) in [7, 11) is 0. The van der Waals surface area contributed by atoms with Gasteiger partial charge in [0.05, 0.1) is 11.6 Å². The van der Waals surface area contributed by atoms with E-state index in [0.29, 0.717) is 23.5 Å². The molecule has 2 N–H and O–H groups in total. The van der Waals surface area contributed by atoms with E-state index in [4.69, 9.17) is 31.5 Å². The molecule has 0 aliphatic carbocycles. The fourth-order valence-electron chi connectivity index (χ4n) is 2.79. The highest BCUT2D eigenvalue weighted by Gasteiger charge is 2.24. The van der Waals surface area contributed by atoms with Crippen molar-refractivity contribution in [2.24, 2.45) is 10.7 Å². The van der Waals surface area contributed by atoms with Gasteiger partial charge in [-0.15, -0.1) is 0 Å². The molecule has 156 valence electrons. The molecule has 2 aromatic carbocycles. The molecule has 1 aliphatic heterocycles. The second kappa shape index (κ2) is 9.45. The molecule has 1 aliphatic rings. The molecule has 8 heteroatoms. The van der Waals surface area contributed by atoms with E-state index in [-0.39, 0.29) is 29.0 Å². The number of hydrogen-bond acceptors (Lipinski definition) is 6. The van der Waals surface area contributed by atoms with Crippen LogP contribution in [0.3, 0.4) is 0 Å². The van der Waals surface area contributed by atoms with Crippen molar-refractivity contribution in [3.63, 3.8) is 0 Å². The lowest BCUT2D eigenvalue weighted by Gasteiger charge is -2.13. The van der Waals surface area contributed by atoms with E-state index < -0.39 is 11.9 Å². The number of esters is 1. The van der Waals surface area contributed by atoms with Gasteiger partial charge >= 0.3 is 5.97 Å². The van der Waals surface area contributed by atoms with E-state index in [1.54, 1.807) is 25.1 Å². The molecule has 0 spiro atoms. The summed E-state index contributed by atoms with van der Waals surface area (Å²) in [6, 6.07) is 10.9. The Balaban J connectivity index is 1.91. The molecule has 1 heterocycles. The molecular formula is C22H21ClN2O5. The number of nitrogens with two attached hydrogens (primary N) is 1. The number of aliphatic imine (C=N–C) groups is 1. The summed E-state index contributed by atoms with van der Waals surface area (Å²) in [5.74, 6) is -0.432. The monoisotopic (exact) mass is 428 g/mol. The Kier molecular flexibility index (Phi) is 6.74. The zero-order valence-electron chi connectivity index (χ0n) is 16.6. The predicted molar refractivity (Wildman–Crippen MR) is 114 cm³/mol. The van der Waals surface area contributed by atoms with Crippen LogP contribution in [0.1, 0.15) is 30.5 Å². The first-order valence-corrected chi connectivity index (χ1v) is 9.78. The first-order valence-electron chi connectivity index (χ1n) is 9.40. The number of halogens is 1. The van der Waals surface area contributed by atoms with E-state index in [9.17, 15) is 9.59 Å². The molecule has 0 aromatic heterocycles. The molecule has 0 saturated carbocycles. The molecule has 0 bridgehead atoms. The molecule has 0 saturated heterocycles. The van der Waals surface area contributed by atoms with Gasteiger partial charge in [0.1, 0.15) is 0 Å². The first kappa shape index (κ1) is 21.4. The van der Waals surface area contributed by atoms with Crippen LogP contribution in [0, 0.1) is 0 Å². The Morgan fingerprint density at radius 2 is 1.93 bits per heavy atom. The zero-order chi connectivity index (χ0) is 21.7. The molecule has 0 radical (unpaired) electrons. The zero-order valence-corrected chi connectivity index (χ0v) is 17.4. The van der Waals surface area contributed by atoms with Gasteiger partial charge in [-0.1, -0.05) is 30.7 Å². The third-order valence-corrected chi connectivity index (χ3v) is 4.50. The fraction of sp³-hybridized carbons (Fsp3) is 0.227. The Hall–Kier alpha value is -3.32. The molecule has 30 heavy (non-hydrogen) atoms. The molecular weight excluding hydrogens is 408 g/mol. The van der Waals surface area contributed by atoms with Crippen molar-refractivity contribution < 1.29 is 23.8 Å². The average Bonchev–Trinajstić information content (AvgIpc) is 3.08. The number of hydrogen-bond donors (Lipinski definition) is 1. The Bertz CT molecular complexity index is 1030. The number of cyclic esters (lactones) is 1. The lowest BCUT2D eigenvalue weighted by Crippen LogP contribution is -2.20. The van der Waals surface area contributed by atoms with Crippen molar-refractivity contribution >= 4 is 35.5 Å². The maximum atomic E-state index is 12.3. The molecule has 0 atom stereocenters. The van der Waals surface area contributed by atoms with Gasteiger partial charge in [-0.05, 0) is 54.8 Å². The van der Waals surface area contributed by atoms with E-state index in [2.05, 4.69) is 11.9 Å². The minimum Gasteiger partial charge on any atom is -0.490 e. The number of rotatable bonds is 8. The number of carbonyl (C=O) groups is 2. The van der Waals surface area contributed by atoms with Crippen molar-refractivity contribution in [3.05, 3.63) is 63.8 Å². The number of aryl methyl sites for hydroxylation is 1. The summed E-state index contributed by atoms with van der Waals surface area (Å²) in [6.07, 6.45) is 2.46. The van der Waals surface area contributed by atoms with Gasteiger partial charge in [0.15, 0.2) is 23.8 Å². The van der Waals surface area contributed by atoms with Crippen molar-refractivity contribution in [1.29, 1.82) is 0 Å². The Morgan fingerprint density at radius 3 is 2.57 bits per heavy atom. The number of carbonyl (C=O) groups excluding carboxylic acids is 2. The van der Waals surface area contributed by atoms with Crippen molar-refractivity contribution in [2.75, 3.05) is 13.2 Å². The van der Waals surface area contributed by atoms with Crippen LogP contribution in [0.2, 0.25) is 5.02 Å². The minimum absolute atomic E-state index is 0.133. The van der Waals surface area contributed by atoms with E-state index in [0.717, 1.165) is 6.42 Å². The van der Waals surface area contributed by atoms with Gasteiger partial charge in [0.25, 0.3) is 5.91 Å². The fourth-order valence-corrected chi connectivity index (χ4v) is 3.06. The first-order chi connectivity index (χ1) is 14.4. The van der Waals surface area contributed by atoms with Crippen molar-refractivity contribution in [2.45, 2.75) is 20.3 Å². The second-order valence-electron chi connectivity index (χ2n) is 6.40. The third-order valence-electron chi connectivity index (χ3n) is 4.22. The Labute approximate surface area is 179 Å². The van der Waals surface area contributed by atoms with Gasteiger partial charge in [0.2, 0.25) is 5.90 Å². The average molecular weight is 429 g/mol. The highest BCUT2D eigenvalue weighted by molar-refractivity contribution is 6.32. The number of primary amides is 1. The van der Waals surface area contributed by atoms with E-state index in [1.165, 1.54) is 5.56 Å². The number of amides is 1. The quantitative estimate of drug-likeness (QED) is 0.512. The molecule has 2 aromatic rings. The highest BCUT2D eigenvalue weighted by Crippen LogP contribution is 2.37. The normalized spacial score (nSPS) is 14.4. The van der Waals surface area contributed by atoms with Crippen LogP contribution < -0.4 is 15.2 Å². The second-order valence-corrected chi connectivity index (χ2v) is 6.81. The predicted octanol–water partition coefficient (Wildman–Crippen LogP) is 3.51. The molecule has 1 amide bonds. The maximum Gasteiger partial charge on any atom is 0.363 e. The summed E-state index contributed by atoms with van der Waals surface area (Å²) in [6.45, 7) is 3.87. The summed E-state index contributed by atoms with van der Waals surface area (Å²) >= 11 is 6.29. The Morgan fingerprint density at radius 1 is 1.20 bits per heavy atom. The smallest absolute Gasteiger partial charge is 0.363 e. The SMILES string of the molecule is CCOc1cc(/C=C2/N=C(c3ccc(CC)cc3)OC2=O)cc(Cl)c1OCC(N)=O. The standard InChI is InChI=1S/C22H21ClN2O5/c1-3-13-5-7-15(8-6-13)21-25-17(22(27)30-21)10-14-9-16(23)20(29-12-19(24)26)18(11-14)28-4-2/h5-11H,3-4,12H2,1-2H3,(H2,24,26)/b17-10+. The van der Waals surface area contributed by atoms with Gasteiger partial charge in [-0.2, -0.15) is 0 Å². The van der Waals surface area contributed by atoms with Crippen molar-refractivity contribution in [1.82, 2.24) is 0 Å². The number of ether oxygens (including phenoxy) is 3. The largest absolute Gasteiger partial charge is 0.490 e. The van der Waals surface area contributed by atoms with Crippen LogP contribution in [-0.4, -0.2) is 31.0 Å². The molecule has 7 nitrogen and oxygen atoms in total. The van der Waals surface area contributed by atoms with Crippen LogP contribution in [0.25, 0.3) is 6.08 Å². The van der Waals surface area contributed by atoms with Gasteiger partial charge < -0.3 is 19.9 Å². The topological polar surface area (TPSA) is 100 Å². The lowest BCUT2D eigenvalue weighted by atomic mass is 10.1. The van der Waals surface area contributed by atoms with E-state index in [1.807, 2.05) is 24.3 Å². The number of benzene rings is 2. The van der Waals surface area contributed by atoms with E-state index >= 15 is 0 Å². The lowest BCUT2D eigenvalue weighted by molar-refractivity contribution is -0.130. The maximum absolute atomic E-state index is 12.3. The minimum atomic E-state index is -0.637. The van der Waals surface area contributed by atoms with Crippen LogP contribution in [0.15, 0.2) is 47.1 Å².